The van der Waals surface area contributed by atoms with Crippen molar-refractivity contribution in [1.29, 1.82) is 0 Å². The molecule has 0 unspecified atom stereocenters. The molecule has 2 aromatic carbocycles. The Labute approximate surface area is 167 Å². The molecule has 0 saturated heterocycles. The fourth-order valence-corrected chi connectivity index (χ4v) is 3.29. The van der Waals surface area contributed by atoms with Crippen LogP contribution >= 0.6 is 12.2 Å². The van der Waals surface area contributed by atoms with E-state index in [4.69, 9.17) is 12.2 Å². The molecule has 0 spiro atoms. The summed E-state index contributed by atoms with van der Waals surface area (Å²) in [5, 5.41) is 3.29. The molecule has 1 heterocycles. The Morgan fingerprint density at radius 1 is 1.18 bits per heavy atom. The third kappa shape index (κ3) is 4.54. The molecule has 0 saturated carbocycles. The van der Waals surface area contributed by atoms with Gasteiger partial charge < -0.3 is 10.3 Å². The molecule has 0 aliphatic carbocycles. The van der Waals surface area contributed by atoms with Gasteiger partial charge in [0.15, 0.2) is 4.77 Å². The van der Waals surface area contributed by atoms with E-state index in [1.54, 1.807) is 34.9 Å². The van der Waals surface area contributed by atoms with E-state index < -0.39 is 0 Å². The molecule has 28 heavy (non-hydrogen) atoms. The molecule has 7 heteroatoms. The molecule has 0 aliphatic rings. The van der Waals surface area contributed by atoms with Crippen LogP contribution in [0.15, 0.2) is 47.3 Å². The van der Waals surface area contributed by atoms with E-state index in [-0.39, 0.29) is 23.8 Å². The van der Waals surface area contributed by atoms with Gasteiger partial charge in [0, 0.05) is 18.7 Å². The number of aromatic nitrogens is 2. The number of rotatable bonds is 7. The van der Waals surface area contributed by atoms with Crippen LogP contribution in [0.2, 0.25) is 0 Å². The quantitative estimate of drug-likeness (QED) is 0.459. The van der Waals surface area contributed by atoms with Crippen molar-refractivity contribution < 1.29 is 9.18 Å². The summed E-state index contributed by atoms with van der Waals surface area (Å²) in [6, 6.07) is 10.8. The Morgan fingerprint density at radius 3 is 2.64 bits per heavy atom. The molecular weight excluding hydrogens is 377 g/mol. The lowest BCUT2D eigenvalue weighted by Crippen LogP contribution is -2.24. The van der Waals surface area contributed by atoms with Crippen LogP contribution in [0.4, 0.5) is 4.39 Å². The second-order valence-corrected chi connectivity index (χ2v) is 7.05. The van der Waals surface area contributed by atoms with Crippen LogP contribution in [0.25, 0.3) is 10.9 Å². The van der Waals surface area contributed by atoms with Crippen molar-refractivity contribution in [2.45, 2.75) is 39.3 Å². The van der Waals surface area contributed by atoms with Crippen molar-refractivity contribution in [3.63, 3.8) is 0 Å². The van der Waals surface area contributed by atoms with Crippen LogP contribution in [-0.2, 0) is 13.1 Å². The highest BCUT2D eigenvalue weighted by atomic mass is 32.1. The molecule has 0 atom stereocenters. The van der Waals surface area contributed by atoms with Crippen molar-refractivity contribution in [2.75, 3.05) is 0 Å². The molecule has 0 aliphatic heterocycles. The Kier molecular flexibility index (Phi) is 6.36. The lowest BCUT2D eigenvalue weighted by molar-refractivity contribution is 0.0951. The zero-order valence-corrected chi connectivity index (χ0v) is 16.4. The van der Waals surface area contributed by atoms with E-state index in [9.17, 15) is 14.0 Å². The number of unbranched alkanes of at least 4 members (excludes halogenated alkanes) is 2. The van der Waals surface area contributed by atoms with Crippen LogP contribution in [0, 0.1) is 10.6 Å². The van der Waals surface area contributed by atoms with Gasteiger partial charge in [0.05, 0.1) is 10.9 Å². The van der Waals surface area contributed by atoms with E-state index in [0.717, 1.165) is 24.8 Å². The minimum Gasteiger partial charge on any atom is -0.348 e. The van der Waals surface area contributed by atoms with Gasteiger partial charge in [0.2, 0.25) is 0 Å². The first-order valence-corrected chi connectivity index (χ1v) is 9.70. The maximum Gasteiger partial charge on any atom is 0.262 e. The third-order valence-corrected chi connectivity index (χ3v) is 4.92. The van der Waals surface area contributed by atoms with E-state index in [0.29, 0.717) is 27.8 Å². The van der Waals surface area contributed by atoms with Gasteiger partial charge in [-0.15, -0.1) is 0 Å². The van der Waals surface area contributed by atoms with Gasteiger partial charge in [-0.2, -0.15) is 0 Å². The highest BCUT2D eigenvalue weighted by Gasteiger charge is 2.10. The Bertz CT molecular complexity index is 1100. The first-order valence-electron chi connectivity index (χ1n) is 9.29. The van der Waals surface area contributed by atoms with Crippen molar-refractivity contribution >= 4 is 29.0 Å². The van der Waals surface area contributed by atoms with Crippen molar-refractivity contribution in [3.05, 3.63) is 74.5 Å². The highest BCUT2D eigenvalue weighted by Crippen LogP contribution is 2.12. The molecule has 3 rings (SSSR count). The highest BCUT2D eigenvalue weighted by molar-refractivity contribution is 7.71. The summed E-state index contributed by atoms with van der Waals surface area (Å²) < 4.78 is 14.9. The molecule has 0 bridgehead atoms. The summed E-state index contributed by atoms with van der Waals surface area (Å²) in [5.41, 5.74) is 1.61. The molecule has 0 radical (unpaired) electrons. The normalized spacial score (nSPS) is 10.9. The molecular formula is C21H22FN3O2S. The fraction of sp³-hybridized carbons (Fsp3) is 0.286. The topological polar surface area (TPSA) is 66.9 Å². The number of carbonyl (C=O) groups excluding carboxylic acids is 1. The molecule has 2 N–H and O–H groups in total. The summed E-state index contributed by atoms with van der Waals surface area (Å²) in [6.45, 7) is 2.97. The smallest absolute Gasteiger partial charge is 0.262 e. The number of aromatic amines is 1. The van der Waals surface area contributed by atoms with Gasteiger partial charge in [-0.1, -0.05) is 31.9 Å². The zero-order chi connectivity index (χ0) is 20.1. The molecule has 5 nitrogen and oxygen atoms in total. The van der Waals surface area contributed by atoms with Gasteiger partial charge in [-0.25, -0.2) is 4.39 Å². The number of fused-ring (bicyclic) bond motifs is 1. The minimum atomic E-state index is -0.319. The van der Waals surface area contributed by atoms with Gasteiger partial charge in [-0.3, -0.25) is 14.2 Å². The van der Waals surface area contributed by atoms with Gasteiger partial charge >= 0.3 is 0 Å². The monoisotopic (exact) mass is 399 g/mol. The van der Waals surface area contributed by atoms with Crippen LogP contribution in [0.3, 0.4) is 0 Å². The van der Waals surface area contributed by atoms with Crippen molar-refractivity contribution in [1.82, 2.24) is 14.9 Å². The maximum absolute atomic E-state index is 13.0. The first kappa shape index (κ1) is 19.9. The van der Waals surface area contributed by atoms with E-state index >= 15 is 0 Å². The average Bonchev–Trinajstić information content (AvgIpc) is 2.69. The van der Waals surface area contributed by atoms with Crippen molar-refractivity contribution in [2.24, 2.45) is 0 Å². The number of hydrogen-bond donors (Lipinski definition) is 2. The summed E-state index contributed by atoms with van der Waals surface area (Å²) in [7, 11) is 0. The molecule has 0 fully saturated rings. The Hall–Kier alpha value is -2.80. The lowest BCUT2D eigenvalue weighted by Gasteiger charge is -2.09. The molecule has 1 amide bonds. The molecule has 1 aromatic heterocycles. The Morgan fingerprint density at radius 2 is 1.93 bits per heavy atom. The number of nitrogens with one attached hydrogen (secondary N) is 2. The summed E-state index contributed by atoms with van der Waals surface area (Å²) in [6.07, 6.45) is 2.99. The summed E-state index contributed by atoms with van der Waals surface area (Å²) >= 11 is 5.33. The predicted octanol–water partition coefficient (Wildman–Crippen LogP) is 4.32. The van der Waals surface area contributed by atoms with Gasteiger partial charge in [-0.05, 0) is 54.5 Å². The van der Waals surface area contributed by atoms with Crippen LogP contribution < -0.4 is 10.9 Å². The number of H-pyrrole nitrogens is 1. The second kappa shape index (κ2) is 8.93. The first-order chi connectivity index (χ1) is 13.5. The maximum atomic E-state index is 13.0. The average molecular weight is 399 g/mol. The van der Waals surface area contributed by atoms with E-state index in [1.807, 2.05) is 0 Å². The third-order valence-electron chi connectivity index (χ3n) is 4.60. The molecule has 146 valence electrons. The zero-order valence-electron chi connectivity index (χ0n) is 15.6. The van der Waals surface area contributed by atoms with Gasteiger partial charge in [0.1, 0.15) is 5.82 Å². The number of amides is 1. The fourth-order valence-electron chi connectivity index (χ4n) is 3.01. The standard InChI is InChI=1S/C21H22FN3O2S/c1-2-3-4-11-25-20(27)17-10-7-15(12-18(17)24-21(25)28)19(26)23-13-14-5-8-16(22)9-6-14/h5-10,12H,2-4,11,13H2,1H3,(H,23,26)(H,24,28). The number of carbonyl (C=O) groups is 1. The number of benzene rings is 2. The minimum absolute atomic E-state index is 0.145. The summed E-state index contributed by atoms with van der Waals surface area (Å²) in [5.74, 6) is -0.599. The van der Waals surface area contributed by atoms with E-state index in [1.165, 1.54) is 12.1 Å². The Balaban J connectivity index is 1.80. The van der Waals surface area contributed by atoms with Crippen LogP contribution in [0.5, 0.6) is 0 Å². The molecule has 3 aromatic rings. The van der Waals surface area contributed by atoms with Crippen LogP contribution in [0.1, 0.15) is 42.1 Å². The van der Waals surface area contributed by atoms with Crippen LogP contribution in [-0.4, -0.2) is 15.5 Å². The number of nitrogens with zero attached hydrogens (tertiary/aromatic N) is 1. The lowest BCUT2D eigenvalue weighted by atomic mass is 10.1. The number of halogens is 1. The number of hydrogen-bond acceptors (Lipinski definition) is 3. The van der Waals surface area contributed by atoms with Gasteiger partial charge in [0.25, 0.3) is 11.5 Å². The van der Waals surface area contributed by atoms with Crippen molar-refractivity contribution in [3.8, 4) is 0 Å². The van der Waals surface area contributed by atoms with E-state index in [2.05, 4.69) is 17.2 Å². The second-order valence-electron chi connectivity index (χ2n) is 6.66. The SMILES string of the molecule is CCCCCn1c(=S)[nH]c2cc(C(=O)NCc3ccc(F)cc3)ccc2c1=O. The largest absolute Gasteiger partial charge is 0.348 e. The predicted molar refractivity (Wildman–Crippen MR) is 110 cm³/mol. The summed E-state index contributed by atoms with van der Waals surface area (Å²) in [4.78, 5) is 28.2.